The van der Waals surface area contributed by atoms with Crippen LogP contribution in [-0.2, 0) is 0 Å². The molecule has 0 aliphatic carbocycles. The Hall–Kier alpha value is -4.46. The number of carbonyl (C=O) groups excluding carboxylic acids is 1. The van der Waals surface area contributed by atoms with Crippen LogP contribution in [0.4, 0.5) is 11.4 Å². The Morgan fingerprint density at radius 3 is 2.08 bits per heavy atom. The van der Waals surface area contributed by atoms with Crippen LogP contribution in [0.15, 0.2) is 72.8 Å². The maximum absolute atomic E-state index is 13.8. The van der Waals surface area contributed by atoms with Crippen molar-refractivity contribution in [2.45, 2.75) is 20.8 Å². The molecule has 0 radical (unpaired) electrons. The number of amides is 1. The van der Waals surface area contributed by atoms with E-state index in [0.29, 0.717) is 31.9 Å². The lowest BCUT2D eigenvalue weighted by Gasteiger charge is -2.36. The number of nitrogens with zero attached hydrogens (tertiary/aromatic N) is 5. The number of piperazine rings is 1. The Morgan fingerprint density at radius 2 is 1.46 bits per heavy atom. The van der Waals surface area contributed by atoms with Gasteiger partial charge in [-0.05, 0) is 68.3 Å². The SMILES string of the molecule is Cc1ccc(-n2nc(-c3ccc(C)c(C)c3)cc2C(=O)N2CCN(c3ccc([N+](=O)[O-])cc3)CC2)cc1. The highest BCUT2D eigenvalue weighted by Crippen LogP contribution is 2.26. The second-order valence-electron chi connectivity index (χ2n) is 9.51. The van der Waals surface area contributed by atoms with Gasteiger partial charge in [-0.2, -0.15) is 5.10 Å². The average molecular weight is 496 g/mol. The van der Waals surface area contributed by atoms with Crippen LogP contribution in [0, 0.1) is 30.9 Å². The minimum Gasteiger partial charge on any atom is -0.368 e. The quantitative estimate of drug-likeness (QED) is 0.276. The molecule has 2 heterocycles. The lowest BCUT2D eigenvalue weighted by Crippen LogP contribution is -2.49. The molecule has 0 spiro atoms. The molecule has 8 nitrogen and oxygen atoms in total. The van der Waals surface area contributed by atoms with Gasteiger partial charge in [-0.25, -0.2) is 4.68 Å². The summed E-state index contributed by atoms with van der Waals surface area (Å²) in [5, 5.41) is 15.8. The van der Waals surface area contributed by atoms with Crippen LogP contribution < -0.4 is 4.90 Å². The fourth-order valence-corrected chi connectivity index (χ4v) is 4.57. The van der Waals surface area contributed by atoms with Gasteiger partial charge < -0.3 is 9.80 Å². The van der Waals surface area contributed by atoms with Gasteiger partial charge in [0.05, 0.1) is 16.3 Å². The van der Waals surface area contributed by atoms with Crippen molar-refractivity contribution in [2.75, 3.05) is 31.1 Å². The summed E-state index contributed by atoms with van der Waals surface area (Å²) >= 11 is 0. The van der Waals surface area contributed by atoms with Gasteiger partial charge in [0.25, 0.3) is 11.6 Å². The number of carbonyl (C=O) groups is 1. The van der Waals surface area contributed by atoms with Crippen molar-refractivity contribution in [2.24, 2.45) is 0 Å². The van der Waals surface area contributed by atoms with E-state index in [-0.39, 0.29) is 11.6 Å². The molecule has 1 aliphatic rings. The molecular weight excluding hydrogens is 466 g/mol. The van der Waals surface area contributed by atoms with E-state index in [1.807, 2.05) is 48.2 Å². The van der Waals surface area contributed by atoms with Gasteiger partial charge in [-0.1, -0.05) is 29.8 Å². The van der Waals surface area contributed by atoms with Gasteiger partial charge in [0.2, 0.25) is 0 Å². The third-order valence-electron chi connectivity index (χ3n) is 7.00. The Morgan fingerprint density at radius 1 is 0.811 bits per heavy atom. The summed E-state index contributed by atoms with van der Waals surface area (Å²) in [6.45, 7) is 8.58. The van der Waals surface area contributed by atoms with Crippen LogP contribution in [0.3, 0.4) is 0 Å². The van der Waals surface area contributed by atoms with Crippen LogP contribution in [0.25, 0.3) is 16.9 Å². The maximum atomic E-state index is 13.8. The third-order valence-corrected chi connectivity index (χ3v) is 7.00. The second kappa shape index (κ2) is 9.89. The predicted octanol–water partition coefficient (Wildman–Crippen LogP) is 5.34. The maximum Gasteiger partial charge on any atom is 0.272 e. The van der Waals surface area contributed by atoms with Gasteiger partial charge in [0.1, 0.15) is 5.69 Å². The summed E-state index contributed by atoms with van der Waals surface area (Å²) in [6.07, 6.45) is 0. The van der Waals surface area contributed by atoms with Crippen molar-refractivity contribution in [1.29, 1.82) is 0 Å². The Kier molecular flexibility index (Phi) is 6.48. The first-order valence-electron chi connectivity index (χ1n) is 12.3. The number of benzene rings is 3. The summed E-state index contributed by atoms with van der Waals surface area (Å²) in [7, 11) is 0. The van der Waals surface area contributed by atoms with Gasteiger partial charge in [-0.15, -0.1) is 0 Å². The molecule has 3 aromatic carbocycles. The number of aryl methyl sites for hydroxylation is 3. The van der Waals surface area contributed by atoms with E-state index in [0.717, 1.165) is 28.2 Å². The second-order valence-corrected chi connectivity index (χ2v) is 9.51. The van der Waals surface area contributed by atoms with Gasteiger partial charge >= 0.3 is 0 Å². The molecule has 1 saturated heterocycles. The van der Waals surface area contributed by atoms with E-state index in [4.69, 9.17) is 5.10 Å². The Labute approximate surface area is 215 Å². The summed E-state index contributed by atoms with van der Waals surface area (Å²) in [4.78, 5) is 28.3. The van der Waals surface area contributed by atoms with Crippen molar-refractivity contribution < 1.29 is 9.72 Å². The number of aromatic nitrogens is 2. The lowest BCUT2D eigenvalue weighted by atomic mass is 10.0. The molecule has 5 rings (SSSR count). The standard InChI is InChI=1S/C29H29N5O3/c1-20-4-8-25(9-5-20)33-28(19-27(30-33)23-7-6-21(2)22(3)18-23)29(35)32-16-14-31(15-17-32)24-10-12-26(13-11-24)34(36)37/h4-13,18-19H,14-17H2,1-3H3. The van der Waals surface area contributed by atoms with Crippen molar-refractivity contribution in [3.63, 3.8) is 0 Å². The van der Waals surface area contributed by atoms with E-state index >= 15 is 0 Å². The number of anilines is 1. The Balaban J connectivity index is 1.40. The first-order chi connectivity index (χ1) is 17.8. The highest BCUT2D eigenvalue weighted by atomic mass is 16.6. The van der Waals surface area contributed by atoms with E-state index in [1.54, 1.807) is 16.8 Å². The molecule has 0 atom stereocenters. The first-order valence-corrected chi connectivity index (χ1v) is 12.3. The summed E-state index contributed by atoms with van der Waals surface area (Å²) in [5.41, 5.74) is 7.62. The number of nitro benzene ring substituents is 1. The van der Waals surface area contributed by atoms with Crippen molar-refractivity contribution in [3.8, 4) is 16.9 Å². The molecule has 0 N–H and O–H groups in total. The third kappa shape index (κ3) is 4.95. The lowest BCUT2D eigenvalue weighted by molar-refractivity contribution is -0.384. The fourth-order valence-electron chi connectivity index (χ4n) is 4.57. The highest BCUT2D eigenvalue weighted by Gasteiger charge is 2.26. The molecule has 0 bridgehead atoms. The number of nitro groups is 1. The molecule has 4 aromatic rings. The van der Waals surface area contributed by atoms with Crippen LogP contribution in [0.1, 0.15) is 27.2 Å². The Bertz CT molecular complexity index is 1450. The van der Waals surface area contributed by atoms with Crippen molar-refractivity contribution in [1.82, 2.24) is 14.7 Å². The highest BCUT2D eigenvalue weighted by molar-refractivity contribution is 5.94. The molecule has 188 valence electrons. The smallest absolute Gasteiger partial charge is 0.272 e. The van der Waals surface area contributed by atoms with E-state index in [2.05, 4.69) is 30.9 Å². The molecule has 8 heteroatoms. The number of hydrogen-bond acceptors (Lipinski definition) is 5. The van der Waals surface area contributed by atoms with E-state index in [9.17, 15) is 14.9 Å². The molecule has 1 amide bonds. The van der Waals surface area contributed by atoms with Crippen LogP contribution in [-0.4, -0.2) is 51.7 Å². The topological polar surface area (TPSA) is 84.5 Å². The fraction of sp³-hybridized carbons (Fsp3) is 0.241. The van der Waals surface area contributed by atoms with Crippen LogP contribution in [0.2, 0.25) is 0 Å². The first kappa shape index (κ1) is 24.2. The minimum absolute atomic E-state index is 0.0634. The zero-order valence-electron chi connectivity index (χ0n) is 21.2. The molecule has 1 aromatic heterocycles. The van der Waals surface area contributed by atoms with E-state index in [1.165, 1.54) is 23.3 Å². The zero-order valence-corrected chi connectivity index (χ0v) is 21.2. The minimum atomic E-state index is -0.399. The van der Waals surface area contributed by atoms with Gasteiger partial charge in [-0.3, -0.25) is 14.9 Å². The van der Waals surface area contributed by atoms with Gasteiger partial charge in [0.15, 0.2) is 0 Å². The number of non-ortho nitro benzene ring substituents is 1. The number of hydrogen-bond donors (Lipinski definition) is 0. The zero-order chi connectivity index (χ0) is 26.1. The molecule has 37 heavy (non-hydrogen) atoms. The molecule has 1 fully saturated rings. The monoisotopic (exact) mass is 495 g/mol. The molecule has 0 saturated carbocycles. The van der Waals surface area contributed by atoms with Crippen molar-refractivity contribution >= 4 is 17.3 Å². The molecule has 1 aliphatic heterocycles. The van der Waals surface area contributed by atoms with E-state index < -0.39 is 4.92 Å². The van der Waals surface area contributed by atoms with Gasteiger partial charge in [0, 0.05) is 49.6 Å². The number of rotatable bonds is 5. The summed E-state index contributed by atoms with van der Waals surface area (Å²) in [6, 6.07) is 22.7. The van der Waals surface area contributed by atoms with Crippen LogP contribution in [0.5, 0.6) is 0 Å². The molecule has 0 unspecified atom stereocenters. The largest absolute Gasteiger partial charge is 0.368 e. The summed E-state index contributed by atoms with van der Waals surface area (Å²) < 4.78 is 1.75. The normalized spacial score (nSPS) is 13.6. The van der Waals surface area contributed by atoms with Crippen LogP contribution >= 0.6 is 0 Å². The summed E-state index contributed by atoms with van der Waals surface area (Å²) in [5.74, 6) is -0.0634. The predicted molar refractivity (Wildman–Crippen MR) is 144 cm³/mol. The molecular formula is C29H29N5O3. The van der Waals surface area contributed by atoms with Crippen molar-refractivity contribution in [3.05, 3.63) is 105 Å². The average Bonchev–Trinajstić information content (AvgIpc) is 3.36.